The van der Waals surface area contributed by atoms with E-state index in [1.54, 1.807) is 6.08 Å². The van der Waals surface area contributed by atoms with Crippen molar-refractivity contribution >= 4 is 11.8 Å². The number of nitrogens with zero attached hydrogens (tertiary/aromatic N) is 2. The van der Waals surface area contributed by atoms with Crippen molar-refractivity contribution in [1.82, 2.24) is 9.80 Å². The SMILES string of the molecule is C=CCOc1ccc(C(=O)N2CCCC[C@H]2CN2CCCC2=O)cc1. The van der Waals surface area contributed by atoms with Crippen LogP contribution < -0.4 is 4.74 Å². The number of piperidine rings is 1. The van der Waals surface area contributed by atoms with Gasteiger partial charge in [0.25, 0.3) is 5.91 Å². The third kappa shape index (κ3) is 4.21. The molecule has 0 N–H and O–H groups in total. The van der Waals surface area contributed by atoms with Crippen LogP contribution in [0.15, 0.2) is 36.9 Å². The predicted molar refractivity (Wildman–Crippen MR) is 96.6 cm³/mol. The molecule has 5 nitrogen and oxygen atoms in total. The van der Waals surface area contributed by atoms with Gasteiger partial charge >= 0.3 is 0 Å². The maximum atomic E-state index is 13.0. The zero-order valence-electron chi connectivity index (χ0n) is 14.7. The Hall–Kier alpha value is -2.30. The largest absolute Gasteiger partial charge is 0.490 e. The Bertz CT molecular complexity index is 626. The summed E-state index contributed by atoms with van der Waals surface area (Å²) in [6.45, 7) is 6.34. The lowest BCUT2D eigenvalue weighted by Gasteiger charge is -2.38. The third-order valence-corrected chi connectivity index (χ3v) is 4.96. The fraction of sp³-hybridized carbons (Fsp3) is 0.500. The van der Waals surface area contributed by atoms with Gasteiger partial charge in [-0.05, 0) is 49.9 Å². The van der Waals surface area contributed by atoms with E-state index in [0.717, 1.165) is 44.5 Å². The van der Waals surface area contributed by atoms with Crippen molar-refractivity contribution in [2.24, 2.45) is 0 Å². The molecule has 0 aliphatic carbocycles. The molecule has 5 heteroatoms. The van der Waals surface area contributed by atoms with Gasteiger partial charge in [-0.2, -0.15) is 0 Å². The van der Waals surface area contributed by atoms with Gasteiger partial charge in [0.1, 0.15) is 12.4 Å². The number of amides is 2. The zero-order chi connectivity index (χ0) is 17.6. The van der Waals surface area contributed by atoms with Crippen molar-refractivity contribution in [3.8, 4) is 5.75 Å². The average molecular weight is 342 g/mol. The summed E-state index contributed by atoms with van der Waals surface area (Å²) < 4.78 is 5.47. The number of ether oxygens (including phenoxy) is 1. The van der Waals surface area contributed by atoms with Crippen LogP contribution in [0.3, 0.4) is 0 Å². The maximum absolute atomic E-state index is 13.0. The van der Waals surface area contributed by atoms with E-state index in [1.165, 1.54) is 0 Å². The third-order valence-electron chi connectivity index (χ3n) is 4.96. The van der Waals surface area contributed by atoms with E-state index in [2.05, 4.69) is 6.58 Å². The van der Waals surface area contributed by atoms with E-state index >= 15 is 0 Å². The van der Waals surface area contributed by atoms with Crippen LogP contribution in [0, 0.1) is 0 Å². The summed E-state index contributed by atoms with van der Waals surface area (Å²) in [6, 6.07) is 7.39. The second-order valence-corrected chi connectivity index (χ2v) is 6.72. The Morgan fingerprint density at radius 2 is 2.00 bits per heavy atom. The second kappa shape index (κ2) is 8.19. The van der Waals surface area contributed by atoms with Crippen LogP contribution in [0.1, 0.15) is 42.5 Å². The van der Waals surface area contributed by atoms with Crippen molar-refractivity contribution in [2.75, 3.05) is 26.2 Å². The van der Waals surface area contributed by atoms with Gasteiger partial charge in [0.05, 0.1) is 0 Å². The number of benzene rings is 1. The van der Waals surface area contributed by atoms with E-state index < -0.39 is 0 Å². The zero-order valence-corrected chi connectivity index (χ0v) is 14.7. The molecule has 134 valence electrons. The number of carbonyl (C=O) groups excluding carboxylic acids is 2. The molecule has 2 amide bonds. The normalized spacial score (nSPS) is 20.6. The van der Waals surface area contributed by atoms with Crippen molar-refractivity contribution in [1.29, 1.82) is 0 Å². The molecule has 1 aromatic carbocycles. The fourth-order valence-corrected chi connectivity index (χ4v) is 3.62. The molecular formula is C20H26N2O3. The van der Waals surface area contributed by atoms with Crippen LogP contribution in [0.4, 0.5) is 0 Å². The van der Waals surface area contributed by atoms with E-state index in [4.69, 9.17) is 4.74 Å². The molecule has 3 rings (SSSR count). The van der Waals surface area contributed by atoms with Gasteiger partial charge < -0.3 is 14.5 Å². The number of rotatable bonds is 6. The van der Waals surface area contributed by atoms with Crippen LogP contribution in [0.25, 0.3) is 0 Å². The van der Waals surface area contributed by atoms with E-state index in [0.29, 0.717) is 25.1 Å². The first-order valence-electron chi connectivity index (χ1n) is 9.11. The molecule has 2 aliphatic rings. The fourth-order valence-electron chi connectivity index (χ4n) is 3.62. The topological polar surface area (TPSA) is 49.9 Å². The summed E-state index contributed by atoms with van der Waals surface area (Å²) in [5.41, 5.74) is 0.672. The summed E-state index contributed by atoms with van der Waals surface area (Å²) in [6.07, 6.45) is 6.38. The number of carbonyl (C=O) groups is 2. The van der Waals surface area contributed by atoms with Gasteiger partial charge in [0.15, 0.2) is 0 Å². The van der Waals surface area contributed by atoms with Crippen molar-refractivity contribution in [3.05, 3.63) is 42.5 Å². The molecule has 2 fully saturated rings. The van der Waals surface area contributed by atoms with Crippen LogP contribution in [0.2, 0.25) is 0 Å². The van der Waals surface area contributed by atoms with Gasteiger partial charge in [-0.3, -0.25) is 9.59 Å². The van der Waals surface area contributed by atoms with Gasteiger partial charge in [-0.1, -0.05) is 12.7 Å². The lowest BCUT2D eigenvalue weighted by atomic mass is 10.00. The smallest absolute Gasteiger partial charge is 0.254 e. The van der Waals surface area contributed by atoms with Crippen molar-refractivity contribution < 1.29 is 14.3 Å². The average Bonchev–Trinajstić information content (AvgIpc) is 3.05. The Labute approximate surface area is 149 Å². The minimum absolute atomic E-state index is 0.0478. The standard InChI is InChI=1S/C20H26N2O3/c1-2-14-25-18-10-8-16(9-11-18)20(24)22-13-4-3-6-17(22)15-21-12-5-7-19(21)23/h2,8-11,17H,1,3-7,12-15H2/t17-/m0/s1. The molecule has 2 aliphatic heterocycles. The molecule has 1 aromatic rings. The van der Waals surface area contributed by atoms with E-state index in [1.807, 2.05) is 34.1 Å². The maximum Gasteiger partial charge on any atom is 0.254 e. The van der Waals surface area contributed by atoms with E-state index in [9.17, 15) is 9.59 Å². The lowest BCUT2D eigenvalue weighted by molar-refractivity contribution is -0.128. The van der Waals surface area contributed by atoms with Crippen LogP contribution >= 0.6 is 0 Å². The molecule has 1 atom stereocenters. The summed E-state index contributed by atoms with van der Waals surface area (Å²) in [4.78, 5) is 28.7. The van der Waals surface area contributed by atoms with Gasteiger partial charge in [-0.15, -0.1) is 0 Å². The molecule has 2 heterocycles. The molecule has 0 bridgehead atoms. The monoisotopic (exact) mass is 342 g/mol. The summed E-state index contributed by atoms with van der Waals surface area (Å²) in [5.74, 6) is 1.00. The quantitative estimate of drug-likeness (QED) is 0.747. The minimum atomic E-state index is 0.0478. The van der Waals surface area contributed by atoms with Crippen LogP contribution in [0.5, 0.6) is 5.75 Å². The van der Waals surface area contributed by atoms with Gasteiger partial charge in [-0.25, -0.2) is 0 Å². The molecule has 0 saturated carbocycles. The minimum Gasteiger partial charge on any atom is -0.490 e. The Morgan fingerprint density at radius 1 is 1.20 bits per heavy atom. The first kappa shape index (κ1) is 17.5. The number of hydrogen-bond donors (Lipinski definition) is 0. The molecule has 0 spiro atoms. The number of hydrogen-bond acceptors (Lipinski definition) is 3. The second-order valence-electron chi connectivity index (χ2n) is 6.72. The molecule has 0 aromatic heterocycles. The lowest BCUT2D eigenvalue weighted by Crippen LogP contribution is -2.49. The van der Waals surface area contributed by atoms with E-state index in [-0.39, 0.29) is 17.9 Å². The first-order valence-corrected chi connectivity index (χ1v) is 9.11. The summed E-state index contributed by atoms with van der Waals surface area (Å²) >= 11 is 0. The Morgan fingerprint density at radius 3 is 2.68 bits per heavy atom. The molecule has 0 radical (unpaired) electrons. The van der Waals surface area contributed by atoms with Gasteiger partial charge in [0, 0.05) is 37.7 Å². The Kier molecular flexibility index (Phi) is 5.74. The van der Waals surface area contributed by atoms with Crippen LogP contribution in [-0.2, 0) is 4.79 Å². The molecule has 25 heavy (non-hydrogen) atoms. The number of likely N-dealkylation sites (tertiary alicyclic amines) is 2. The van der Waals surface area contributed by atoms with Crippen molar-refractivity contribution in [3.63, 3.8) is 0 Å². The first-order chi connectivity index (χ1) is 12.2. The molecule has 2 saturated heterocycles. The summed E-state index contributed by atoms with van der Waals surface area (Å²) in [5, 5.41) is 0. The highest BCUT2D eigenvalue weighted by molar-refractivity contribution is 5.94. The van der Waals surface area contributed by atoms with Crippen molar-refractivity contribution in [2.45, 2.75) is 38.1 Å². The highest BCUT2D eigenvalue weighted by Gasteiger charge is 2.31. The molecule has 0 unspecified atom stereocenters. The summed E-state index contributed by atoms with van der Waals surface area (Å²) in [7, 11) is 0. The van der Waals surface area contributed by atoms with Gasteiger partial charge in [0.2, 0.25) is 5.91 Å². The Balaban J connectivity index is 1.67. The highest BCUT2D eigenvalue weighted by Crippen LogP contribution is 2.23. The highest BCUT2D eigenvalue weighted by atomic mass is 16.5. The van der Waals surface area contributed by atoms with Crippen LogP contribution in [-0.4, -0.2) is 53.9 Å². The predicted octanol–water partition coefficient (Wildman–Crippen LogP) is 2.87. The molecular weight excluding hydrogens is 316 g/mol.